The van der Waals surface area contributed by atoms with Crippen LogP contribution in [-0.4, -0.2) is 36.3 Å². The van der Waals surface area contributed by atoms with Crippen LogP contribution in [0.5, 0.6) is 0 Å². The summed E-state index contributed by atoms with van der Waals surface area (Å²) in [6, 6.07) is 19.2. The summed E-state index contributed by atoms with van der Waals surface area (Å²) < 4.78 is 4.57. The van der Waals surface area contributed by atoms with Gasteiger partial charge >= 0.3 is 5.97 Å². The Labute approximate surface area is 228 Å². The number of anilines is 3. The van der Waals surface area contributed by atoms with Gasteiger partial charge in [0.25, 0.3) is 11.8 Å². The highest BCUT2D eigenvalue weighted by molar-refractivity contribution is 6.13. The van der Waals surface area contributed by atoms with Crippen LogP contribution < -0.4 is 16.0 Å². The lowest BCUT2D eigenvalue weighted by Gasteiger charge is -2.19. The van der Waals surface area contributed by atoms with Gasteiger partial charge in [-0.2, -0.15) is 0 Å². The number of hydrogen-bond acceptors (Lipinski definition) is 5. The van der Waals surface area contributed by atoms with E-state index >= 15 is 0 Å². The van der Waals surface area contributed by atoms with E-state index in [0.717, 1.165) is 11.1 Å². The van der Waals surface area contributed by atoms with Crippen LogP contribution in [0, 0.1) is 6.92 Å². The van der Waals surface area contributed by atoms with Crippen LogP contribution in [-0.2, 0) is 19.7 Å². The fourth-order valence-electron chi connectivity index (χ4n) is 3.62. The second-order valence-corrected chi connectivity index (χ2v) is 9.99. The molecule has 5 N–H and O–H groups in total. The minimum absolute atomic E-state index is 0. The Balaban J connectivity index is 0.00000533. The zero-order valence-electron chi connectivity index (χ0n) is 22.8. The normalized spacial score (nSPS) is 10.6. The van der Waals surface area contributed by atoms with Gasteiger partial charge in [0.2, 0.25) is 5.91 Å². The van der Waals surface area contributed by atoms with Crippen molar-refractivity contribution in [1.29, 1.82) is 0 Å². The largest absolute Gasteiger partial charge is 0.469 e. The quantitative estimate of drug-likeness (QED) is 0.354. The van der Waals surface area contributed by atoms with Gasteiger partial charge in [-0.1, -0.05) is 50.6 Å². The molecule has 3 rings (SSSR count). The summed E-state index contributed by atoms with van der Waals surface area (Å²) in [6.45, 7) is 8.22. The molecule has 0 bridgehead atoms. The zero-order chi connectivity index (χ0) is 27.9. The monoisotopic (exact) mass is 533 g/mol. The Morgan fingerprint density at radius 2 is 1.36 bits per heavy atom. The molecule has 3 aromatic carbocycles. The smallest absolute Gasteiger partial charge is 0.306 e. The predicted molar refractivity (Wildman–Crippen MR) is 152 cm³/mol. The van der Waals surface area contributed by atoms with E-state index in [2.05, 4.69) is 41.5 Å². The molecule has 0 radical (unpaired) electrons. The number of ether oxygens (including phenoxy) is 1. The first kappa shape index (κ1) is 30.7. The van der Waals surface area contributed by atoms with E-state index in [1.54, 1.807) is 30.3 Å². The first-order valence-corrected chi connectivity index (χ1v) is 12.3. The van der Waals surface area contributed by atoms with Crippen molar-refractivity contribution >= 4 is 40.8 Å². The highest BCUT2D eigenvalue weighted by Gasteiger charge is 2.18. The zero-order valence-corrected chi connectivity index (χ0v) is 22.8. The molecule has 0 saturated carbocycles. The van der Waals surface area contributed by atoms with E-state index < -0.39 is 23.7 Å². The van der Waals surface area contributed by atoms with Crippen molar-refractivity contribution < 1.29 is 29.4 Å². The minimum atomic E-state index is -0.492. The molecule has 0 aromatic heterocycles. The number of nitrogens with one attached hydrogen (secondary N) is 3. The maximum Gasteiger partial charge on any atom is 0.306 e. The van der Waals surface area contributed by atoms with Crippen molar-refractivity contribution in [3.63, 3.8) is 0 Å². The molecule has 0 aliphatic carbocycles. The standard InChI is InChI=1S/C30H33N3O5.H2O/c1-19-6-12-22(13-7-19)32-29(37)24-15-14-23(31-26(34)16-17-27(35)38-5)18-25(24)33-28(36)20-8-10-21(11-9-20)30(2,3)4;/h6-15,18H,16-17H2,1-5H3,(H,31,34)(H,32,37)(H,33,36);1H2. The number of benzene rings is 3. The van der Waals surface area contributed by atoms with Crippen LogP contribution in [0.25, 0.3) is 0 Å². The molecule has 0 saturated heterocycles. The predicted octanol–water partition coefficient (Wildman–Crippen LogP) is 4.86. The van der Waals surface area contributed by atoms with Crippen LogP contribution in [0.4, 0.5) is 17.1 Å². The summed E-state index contributed by atoms with van der Waals surface area (Å²) >= 11 is 0. The third-order valence-corrected chi connectivity index (χ3v) is 5.90. The number of rotatable bonds is 8. The molecule has 9 nitrogen and oxygen atoms in total. The second kappa shape index (κ2) is 13.3. The van der Waals surface area contributed by atoms with E-state index in [-0.39, 0.29) is 35.0 Å². The fraction of sp³-hybridized carbons (Fsp3) is 0.267. The third kappa shape index (κ3) is 8.79. The summed E-state index contributed by atoms with van der Waals surface area (Å²) in [5.41, 5.74) is 3.93. The second-order valence-electron chi connectivity index (χ2n) is 9.99. The number of hydrogen-bond donors (Lipinski definition) is 3. The van der Waals surface area contributed by atoms with Crippen LogP contribution in [0.3, 0.4) is 0 Å². The molecule has 0 aliphatic heterocycles. The van der Waals surface area contributed by atoms with Gasteiger partial charge in [0.15, 0.2) is 0 Å². The maximum absolute atomic E-state index is 13.1. The molecule has 0 spiro atoms. The van der Waals surface area contributed by atoms with E-state index in [9.17, 15) is 19.2 Å². The van der Waals surface area contributed by atoms with Gasteiger partial charge in [0.05, 0.1) is 24.8 Å². The number of aryl methyl sites for hydroxylation is 1. The van der Waals surface area contributed by atoms with Gasteiger partial charge in [-0.3, -0.25) is 19.2 Å². The third-order valence-electron chi connectivity index (χ3n) is 5.90. The Morgan fingerprint density at radius 1 is 0.744 bits per heavy atom. The van der Waals surface area contributed by atoms with Gasteiger partial charge < -0.3 is 26.2 Å². The molecular weight excluding hydrogens is 498 g/mol. The van der Waals surface area contributed by atoms with Crippen molar-refractivity contribution in [2.24, 2.45) is 0 Å². The van der Waals surface area contributed by atoms with Crippen LogP contribution in [0.15, 0.2) is 66.7 Å². The summed E-state index contributed by atoms with van der Waals surface area (Å²) in [5, 5.41) is 8.33. The molecule has 9 heteroatoms. The number of amides is 3. The topological polar surface area (TPSA) is 145 Å². The first-order valence-electron chi connectivity index (χ1n) is 12.3. The summed E-state index contributed by atoms with van der Waals surface area (Å²) in [5.74, 6) is -1.71. The minimum Gasteiger partial charge on any atom is -0.469 e. The average Bonchev–Trinajstić information content (AvgIpc) is 2.88. The SMILES string of the molecule is COC(=O)CCC(=O)Nc1ccc(C(=O)Nc2ccc(C)cc2)c(NC(=O)c2ccc(C(C)(C)C)cc2)c1.O. The van der Waals surface area contributed by atoms with Gasteiger partial charge in [0, 0.05) is 23.4 Å². The van der Waals surface area contributed by atoms with Gasteiger partial charge in [-0.05, 0) is 60.4 Å². The van der Waals surface area contributed by atoms with E-state index in [1.807, 2.05) is 31.2 Å². The number of esters is 1. The van der Waals surface area contributed by atoms with Crippen LogP contribution in [0.2, 0.25) is 0 Å². The summed E-state index contributed by atoms with van der Waals surface area (Å²) in [4.78, 5) is 49.9. The number of methoxy groups -OCH3 is 1. The van der Waals surface area contributed by atoms with E-state index in [0.29, 0.717) is 16.9 Å². The molecule has 206 valence electrons. The molecular formula is C30H35N3O6. The molecule has 0 aliphatic rings. The Bertz CT molecular complexity index is 1330. The van der Waals surface area contributed by atoms with Crippen molar-refractivity contribution in [3.05, 3.63) is 89.0 Å². The van der Waals surface area contributed by atoms with Gasteiger partial charge in [-0.25, -0.2) is 0 Å². The summed E-state index contributed by atoms with van der Waals surface area (Å²) in [6.07, 6.45) is -0.127. The van der Waals surface area contributed by atoms with Crippen molar-refractivity contribution in [3.8, 4) is 0 Å². The van der Waals surface area contributed by atoms with E-state index in [1.165, 1.54) is 19.2 Å². The van der Waals surface area contributed by atoms with Crippen molar-refractivity contribution in [2.75, 3.05) is 23.1 Å². The first-order chi connectivity index (χ1) is 18.0. The van der Waals surface area contributed by atoms with E-state index in [4.69, 9.17) is 0 Å². The van der Waals surface area contributed by atoms with Crippen LogP contribution >= 0.6 is 0 Å². The molecule has 39 heavy (non-hydrogen) atoms. The maximum atomic E-state index is 13.1. The molecule has 3 aromatic rings. The lowest BCUT2D eigenvalue weighted by molar-refractivity contribution is -0.141. The lowest BCUT2D eigenvalue weighted by Crippen LogP contribution is -2.20. The molecule has 0 fully saturated rings. The molecule has 0 atom stereocenters. The number of carbonyl (C=O) groups excluding carboxylic acids is 4. The molecule has 0 heterocycles. The highest BCUT2D eigenvalue weighted by atomic mass is 16.5. The van der Waals surface area contributed by atoms with Gasteiger partial charge in [-0.15, -0.1) is 0 Å². The van der Waals surface area contributed by atoms with Gasteiger partial charge in [0.1, 0.15) is 0 Å². The Kier molecular flexibility index (Phi) is 10.5. The van der Waals surface area contributed by atoms with Crippen molar-refractivity contribution in [2.45, 2.75) is 46.0 Å². The molecule has 3 amide bonds. The lowest BCUT2D eigenvalue weighted by atomic mass is 9.86. The van der Waals surface area contributed by atoms with Crippen LogP contribution in [0.1, 0.15) is 65.5 Å². The Morgan fingerprint density at radius 3 is 1.95 bits per heavy atom. The Hall–Kier alpha value is -4.50. The summed E-state index contributed by atoms with van der Waals surface area (Å²) in [7, 11) is 1.26. The molecule has 0 unspecified atom stereocenters. The van der Waals surface area contributed by atoms with Crippen molar-refractivity contribution in [1.82, 2.24) is 0 Å². The average molecular weight is 534 g/mol. The fourth-order valence-corrected chi connectivity index (χ4v) is 3.62. The highest BCUT2D eigenvalue weighted by Crippen LogP contribution is 2.25. The number of carbonyl (C=O) groups is 4.